The summed E-state index contributed by atoms with van der Waals surface area (Å²) in [7, 11) is 0. The average molecular weight is 213 g/mol. The Morgan fingerprint density at radius 1 is 1.27 bits per heavy atom. The highest BCUT2D eigenvalue weighted by Crippen LogP contribution is 2.26. The highest BCUT2D eigenvalue weighted by molar-refractivity contribution is 6.42. The summed E-state index contributed by atoms with van der Waals surface area (Å²) in [5.41, 5.74) is 0.624. The zero-order valence-electron chi connectivity index (χ0n) is 5.37. The molecule has 0 nitrogen and oxygen atoms in total. The van der Waals surface area contributed by atoms with E-state index < -0.39 is 5.82 Å². The minimum absolute atomic E-state index is 0.0551. The molecule has 0 aliphatic rings. The standard InChI is InChI=1S/C7H4Cl3F/c8-3-4-1-5(9)7(10)6(11)2-4/h1-2H,3H2. The number of hydrogen-bond donors (Lipinski definition) is 0. The van der Waals surface area contributed by atoms with Gasteiger partial charge >= 0.3 is 0 Å². The van der Waals surface area contributed by atoms with E-state index in [1.807, 2.05) is 0 Å². The molecule has 1 aromatic carbocycles. The molecule has 1 rings (SSSR count). The largest absolute Gasteiger partial charge is 0.205 e. The quantitative estimate of drug-likeness (QED) is 0.491. The van der Waals surface area contributed by atoms with Gasteiger partial charge in [0.2, 0.25) is 0 Å². The molecule has 0 saturated heterocycles. The molecule has 0 radical (unpaired) electrons. The molecule has 0 aromatic heterocycles. The van der Waals surface area contributed by atoms with Crippen molar-refractivity contribution in [2.24, 2.45) is 0 Å². The zero-order valence-corrected chi connectivity index (χ0v) is 7.64. The lowest BCUT2D eigenvalue weighted by atomic mass is 10.2. The van der Waals surface area contributed by atoms with E-state index in [-0.39, 0.29) is 15.9 Å². The minimum atomic E-state index is -0.533. The van der Waals surface area contributed by atoms with E-state index in [1.165, 1.54) is 6.07 Å². The third kappa shape index (κ3) is 1.98. The van der Waals surface area contributed by atoms with Gasteiger partial charge in [0.15, 0.2) is 0 Å². The van der Waals surface area contributed by atoms with Crippen LogP contribution in [0.25, 0.3) is 0 Å². The Labute approximate surface area is 78.9 Å². The highest BCUT2D eigenvalue weighted by Gasteiger charge is 2.05. The van der Waals surface area contributed by atoms with Crippen LogP contribution in [-0.4, -0.2) is 0 Å². The fourth-order valence-electron chi connectivity index (χ4n) is 0.685. The Kier molecular flexibility index (Phi) is 2.99. The number of benzene rings is 1. The van der Waals surface area contributed by atoms with Crippen LogP contribution in [0.1, 0.15) is 5.56 Å². The van der Waals surface area contributed by atoms with Crippen molar-refractivity contribution in [3.63, 3.8) is 0 Å². The SMILES string of the molecule is Fc1cc(CCl)cc(Cl)c1Cl. The first-order valence-electron chi connectivity index (χ1n) is 2.84. The summed E-state index contributed by atoms with van der Waals surface area (Å²) < 4.78 is 12.8. The van der Waals surface area contributed by atoms with E-state index in [9.17, 15) is 4.39 Å². The van der Waals surface area contributed by atoms with Crippen molar-refractivity contribution in [3.8, 4) is 0 Å². The van der Waals surface area contributed by atoms with Crippen LogP contribution in [0.5, 0.6) is 0 Å². The second kappa shape index (κ2) is 3.61. The Balaban J connectivity index is 3.21. The van der Waals surface area contributed by atoms with Gasteiger partial charge in [0, 0.05) is 5.88 Å². The molecular formula is C7H4Cl3F. The summed E-state index contributed by atoms with van der Waals surface area (Å²) in [4.78, 5) is 0. The Morgan fingerprint density at radius 3 is 2.36 bits per heavy atom. The van der Waals surface area contributed by atoms with Crippen molar-refractivity contribution in [1.82, 2.24) is 0 Å². The molecule has 0 saturated carbocycles. The van der Waals surface area contributed by atoms with Crippen LogP contribution in [0.15, 0.2) is 12.1 Å². The van der Waals surface area contributed by atoms with E-state index in [0.717, 1.165) is 0 Å². The number of rotatable bonds is 1. The molecule has 0 heterocycles. The maximum absolute atomic E-state index is 12.8. The van der Waals surface area contributed by atoms with E-state index in [0.29, 0.717) is 5.56 Å². The fraction of sp³-hybridized carbons (Fsp3) is 0.143. The molecule has 0 aliphatic carbocycles. The molecule has 4 heteroatoms. The van der Waals surface area contributed by atoms with Gasteiger partial charge in [-0.2, -0.15) is 0 Å². The van der Waals surface area contributed by atoms with Crippen molar-refractivity contribution >= 4 is 34.8 Å². The molecule has 0 atom stereocenters. The second-order valence-electron chi connectivity index (χ2n) is 2.01. The van der Waals surface area contributed by atoms with Gasteiger partial charge in [0.05, 0.1) is 10.0 Å². The molecule has 0 N–H and O–H groups in total. The maximum Gasteiger partial charge on any atom is 0.143 e. The lowest BCUT2D eigenvalue weighted by molar-refractivity contribution is 0.627. The van der Waals surface area contributed by atoms with Crippen LogP contribution in [-0.2, 0) is 5.88 Å². The summed E-state index contributed by atoms with van der Waals surface area (Å²) in [6, 6.07) is 2.81. The first-order chi connectivity index (χ1) is 5.15. The minimum Gasteiger partial charge on any atom is -0.205 e. The van der Waals surface area contributed by atoms with Crippen LogP contribution in [0, 0.1) is 5.82 Å². The van der Waals surface area contributed by atoms with Crippen LogP contribution in [0.2, 0.25) is 10.0 Å². The molecule has 1 aromatic rings. The van der Waals surface area contributed by atoms with Crippen LogP contribution >= 0.6 is 34.8 Å². The molecule has 0 spiro atoms. The number of halogens is 4. The molecule has 0 aliphatic heterocycles. The third-order valence-electron chi connectivity index (χ3n) is 1.20. The fourth-order valence-corrected chi connectivity index (χ4v) is 1.18. The molecule has 0 amide bonds. The van der Waals surface area contributed by atoms with Crippen molar-refractivity contribution in [2.45, 2.75) is 5.88 Å². The second-order valence-corrected chi connectivity index (χ2v) is 3.06. The zero-order chi connectivity index (χ0) is 8.43. The van der Waals surface area contributed by atoms with Crippen molar-refractivity contribution < 1.29 is 4.39 Å². The first kappa shape index (κ1) is 9.11. The average Bonchev–Trinajstić information content (AvgIpc) is 1.99. The predicted octanol–water partition coefficient (Wildman–Crippen LogP) is 3.87. The van der Waals surface area contributed by atoms with Crippen molar-refractivity contribution in [3.05, 3.63) is 33.6 Å². The summed E-state index contributed by atoms with van der Waals surface area (Å²) in [6.07, 6.45) is 0. The Morgan fingerprint density at radius 2 is 1.91 bits per heavy atom. The van der Waals surface area contributed by atoms with Crippen LogP contribution in [0.4, 0.5) is 4.39 Å². The van der Waals surface area contributed by atoms with E-state index in [4.69, 9.17) is 34.8 Å². The van der Waals surface area contributed by atoms with Gasteiger partial charge < -0.3 is 0 Å². The molecule has 11 heavy (non-hydrogen) atoms. The predicted molar refractivity (Wildman–Crippen MR) is 46.0 cm³/mol. The first-order valence-corrected chi connectivity index (χ1v) is 4.13. The number of alkyl halides is 1. The summed E-state index contributed by atoms with van der Waals surface area (Å²) in [5, 5.41) is 0.142. The lowest BCUT2D eigenvalue weighted by Gasteiger charge is -1.99. The summed E-state index contributed by atoms with van der Waals surface area (Å²) >= 11 is 16.5. The molecular weight excluding hydrogens is 209 g/mol. The topological polar surface area (TPSA) is 0 Å². The van der Waals surface area contributed by atoms with Gasteiger partial charge in [-0.1, -0.05) is 23.2 Å². The van der Waals surface area contributed by atoms with Gasteiger partial charge in [-0.15, -0.1) is 11.6 Å². The molecule has 0 unspecified atom stereocenters. The van der Waals surface area contributed by atoms with E-state index in [2.05, 4.69) is 0 Å². The Hall–Kier alpha value is 0.0200. The third-order valence-corrected chi connectivity index (χ3v) is 2.29. The van der Waals surface area contributed by atoms with E-state index >= 15 is 0 Å². The normalized spacial score (nSPS) is 10.2. The monoisotopic (exact) mass is 212 g/mol. The molecule has 0 fully saturated rings. The smallest absolute Gasteiger partial charge is 0.143 e. The number of hydrogen-bond acceptors (Lipinski definition) is 0. The van der Waals surface area contributed by atoms with Crippen molar-refractivity contribution in [2.75, 3.05) is 0 Å². The van der Waals surface area contributed by atoms with Gasteiger partial charge in [0.25, 0.3) is 0 Å². The van der Waals surface area contributed by atoms with Gasteiger partial charge in [0.1, 0.15) is 5.82 Å². The maximum atomic E-state index is 12.8. The summed E-state index contributed by atoms with van der Waals surface area (Å²) in [5.74, 6) is -0.303. The van der Waals surface area contributed by atoms with Gasteiger partial charge in [-0.25, -0.2) is 4.39 Å². The van der Waals surface area contributed by atoms with E-state index in [1.54, 1.807) is 6.07 Å². The van der Waals surface area contributed by atoms with Crippen molar-refractivity contribution in [1.29, 1.82) is 0 Å². The molecule has 0 bridgehead atoms. The van der Waals surface area contributed by atoms with Crippen LogP contribution in [0.3, 0.4) is 0 Å². The highest BCUT2D eigenvalue weighted by atomic mass is 35.5. The molecule has 60 valence electrons. The lowest BCUT2D eigenvalue weighted by Crippen LogP contribution is -1.83. The Bertz CT molecular complexity index is 249. The van der Waals surface area contributed by atoms with Gasteiger partial charge in [-0.05, 0) is 17.7 Å². The van der Waals surface area contributed by atoms with Crippen LogP contribution < -0.4 is 0 Å². The van der Waals surface area contributed by atoms with Gasteiger partial charge in [-0.3, -0.25) is 0 Å². The summed E-state index contributed by atoms with van der Waals surface area (Å²) in [6.45, 7) is 0.